The molecule has 3 fully saturated rings. The number of Topliss-reactive ketones (excluding diaryl/α,β-unsaturated/α-hetero) is 1. The van der Waals surface area contributed by atoms with Crippen molar-refractivity contribution in [2.45, 2.75) is 107 Å². The Morgan fingerprint density at radius 1 is 0.792 bits per heavy atom. The highest BCUT2D eigenvalue weighted by Gasteiger charge is 2.47. The van der Waals surface area contributed by atoms with Crippen LogP contribution in [0.1, 0.15) is 93.0 Å². The zero-order valence-corrected chi connectivity index (χ0v) is 42.4. The molecular formula is C57H78N4O11. The van der Waals surface area contributed by atoms with Crippen molar-refractivity contribution in [3.63, 3.8) is 0 Å². The maximum atomic E-state index is 13.2. The van der Waals surface area contributed by atoms with E-state index in [4.69, 9.17) is 19.7 Å². The minimum atomic E-state index is -1.06. The summed E-state index contributed by atoms with van der Waals surface area (Å²) in [6.45, 7) is 13.6. The number of benzene rings is 4. The van der Waals surface area contributed by atoms with Crippen molar-refractivity contribution in [3.8, 4) is 0 Å². The van der Waals surface area contributed by atoms with Crippen LogP contribution in [0.4, 0.5) is 4.79 Å². The van der Waals surface area contributed by atoms with Crippen molar-refractivity contribution in [3.05, 3.63) is 169 Å². The van der Waals surface area contributed by atoms with E-state index >= 15 is 0 Å². The molecule has 8 N–H and O–H groups in total. The molecule has 72 heavy (non-hydrogen) atoms. The zero-order chi connectivity index (χ0) is 52.8. The van der Waals surface area contributed by atoms with Crippen molar-refractivity contribution in [1.82, 2.24) is 20.4 Å². The fourth-order valence-electron chi connectivity index (χ4n) is 9.03. The maximum Gasteiger partial charge on any atom is 0.411 e. The summed E-state index contributed by atoms with van der Waals surface area (Å²) < 4.78 is 10.3. The molecule has 0 bridgehead atoms. The minimum absolute atomic E-state index is 0.0333. The number of rotatable bonds is 16. The lowest BCUT2D eigenvalue weighted by molar-refractivity contribution is -0.139. The van der Waals surface area contributed by atoms with E-state index in [2.05, 4.69) is 23.8 Å². The molecule has 7 rings (SSSR count). The quantitative estimate of drug-likeness (QED) is 0.0605. The summed E-state index contributed by atoms with van der Waals surface area (Å²) in [5, 5.41) is 66.0. The molecule has 3 aliphatic heterocycles. The van der Waals surface area contributed by atoms with Gasteiger partial charge in [0.15, 0.2) is 5.78 Å². The highest BCUT2D eigenvalue weighted by Crippen LogP contribution is 2.35. The number of likely N-dealkylation sites (N-methyl/N-ethyl adjacent to an activating group) is 2. The fraction of sp³-hybridized carbons (Fsp3) is 0.456. The van der Waals surface area contributed by atoms with Gasteiger partial charge in [-0.25, -0.2) is 4.79 Å². The van der Waals surface area contributed by atoms with Crippen molar-refractivity contribution in [2.24, 2.45) is 11.8 Å². The normalized spacial score (nSPS) is 23.0. The molecule has 0 radical (unpaired) electrons. The van der Waals surface area contributed by atoms with Gasteiger partial charge in [0.05, 0.1) is 43.1 Å². The number of carbonyl (C=O) groups is 3. The molecule has 3 heterocycles. The molecule has 0 saturated carbocycles. The van der Waals surface area contributed by atoms with Gasteiger partial charge in [0.2, 0.25) is 5.91 Å². The molecular weight excluding hydrogens is 917 g/mol. The predicted octanol–water partition coefficient (Wildman–Crippen LogP) is 6.00. The predicted molar refractivity (Wildman–Crippen MR) is 278 cm³/mol. The van der Waals surface area contributed by atoms with E-state index in [0.717, 1.165) is 41.7 Å². The number of nitrogens with zero attached hydrogens (tertiary/aromatic N) is 2. The van der Waals surface area contributed by atoms with Gasteiger partial charge >= 0.3 is 6.09 Å². The van der Waals surface area contributed by atoms with Gasteiger partial charge in [0, 0.05) is 38.6 Å². The third-order valence-corrected chi connectivity index (χ3v) is 12.8. The van der Waals surface area contributed by atoms with E-state index in [1.54, 1.807) is 44.9 Å². The molecule has 0 spiro atoms. The van der Waals surface area contributed by atoms with Gasteiger partial charge in [-0.15, -0.1) is 13.2 Å². The van der Waals surface area contributed by atoms with E-state index in [-0.39, 0.29) is 43.0 Å². The first-order valence-electron chi connectivity index (χ1n) is 24.7. The molecule has 11 atom stereocenters. The highest BCUT2D eigenvalue weighted by molar-refractivity contribution is 5.89. The number of allylic oxidation sites excluding steroid dienone is 2. The van der Waals surface area contributed by atoms with Gasteiger partial charge in [-0.2, -0.15) is 0 Å². The number of aliphatic hydroxyl groups is 6. The molecule has 0 aromatic heterocycles. The summed E-state index contributed by atoms with van der Waals surface area (Å²) in [6, 6.07) is 36.1. The lowest BCUT2D eigenvalue weighted by Gasteiger charge is -2.35. The molecule has 15 heteroatoms. The largest absolute Gasteiger partial charge is 0.444 e. The number of amides is 2. The Balaban J connectivity index is 0.000000225. The van der Waals surface area contributed by atoms with Gasteiger partial charge in [0.1, 0.15) is 30.4 Å². The van der Waals surface area contributed by atoms with Crippen LogP contribution < -0.4 is 10.6 Å². The van der Waals surface area contributed by atoms with Crippen LogP contribution in [0.5, 0.6) is 0 Å². The summed E-state index contributed by atoms with van der Waals surface area (Å²) in [5.41, 5.74) is 2.90. The van der Waals surface area contributed by atoms with Crippen LogP contribution in [0.2, 0.25) is 0 Å². The Morgan fingerprint density at radius 3 is 1.74 bits per heavy atom. The number of carbonyl (C=O) groups excluding carboxylic acids is 3. The molecule has 4 aromatic rings. The van der Waals surface area contributed by atoms with E-state index in [1.807, 2.05) is 128 Å². The van der Waals surface area contributed by atoms with Crippen molar-refractivity contribution in [2.75, 3.05) is 47.0 Å². The first-order valence-corrected chi connectivity index (χ1v) is 24.7. The lowest BCUT2D eigenvalue weighted by atomic mass is 9.93. The second-order valence-corrected chi connectivity index (χ2v) is 19.1. The van der Waals surface area contributed by atoms with Crippen LogP contribution in [0, 0.1) is 11.8 Å². The molecule has 1 unspecified atom stereocenters. The Kier molecular flexibility index (Phi) is 24.4. The summed E-state index contributed by atoms with van der Waals surface area (Å²) in [5.74, 6) is -1.13. The van der Waals surface area contributed by atoms with Gasteiger partial charge < -0.3 is 55.6 Å². The smallest absolute Gasteiger partial charge is 0.411 e. The third-order valence-electron chi connectivity index (χ3n) is 12.8. The van der Waals surface area contributed by atoms with Crippen LogP contribution >= 0.6 is 0 Å². The van der Waals surface area contributed by atoms with Crippen LogP contribution in [0.25, 0.3) is 0 Å². The average Bonchev–Trinajstić information content (AvgIpc) is 4.14. The van der Waals surface area contributed by atoms with E-state index in [0.29, 0.717) is 19.4 Å². The number of hydrogen-bond donors (Lipinski definition) is 8. The third kappa shape index (κ3) is 17.0. The summed E-state index contributed by atoms with van der Waals surface area (Å²) in [6.07, 6.45) is 2.95. The molecule has 3 saturated heterocycles. The average molecular weight is 995 g/mol. The first-order chi connectivity index (χ1) is 34.5. The second kappa shape index (κ2) is 29.8. The standard InChI is InChI=1S/C23H28N2O3.C15H17NO.C14H23NO5.C5H10O2/c1-3-10-18-15-24-19(21(18)26)23(28)25(2)20(16-11-6-4-7-12-16)22(27)17-13-8-5-9-14-17;1-16-14(12-8-4-2-5-9-12)15(17)13-10-6-3-7-11-13;1-5-6-9-7-15(13(19)20-14(2,3)4)11(12(9)18)10(17)8-16;6-4-5-2-1-3-7-5/h3-9,11-14,18-22,24,26-27H,1,10,15H2,2H3;2-11,14-17H,1H3;5,9,11-12,16,18H,1,6-8H2,2-4H3;5-6H,1-4H2/t18-,19-,20+,21+,22+;14-,15-;9-,11+,12+;/m010./s1. The van der Waals surface area contributed by atoms with Crippen molar-refractivity contribution < 1.29 is 54.5 Å². The molecule has 392 valence electrons. The number of aliphatic hydroxyl groups excluding tert-OH is 6. The number of hydrogen-bond acceptors (Lipinski definition) is 13. The maximum absolute atomic E-state index is 13.2. The topological polar surface area (TPSA) is 222 Å². The summed E-state index contributed by atoms with van der Waals surface area (Å²) in [7, 11) is 3.55. The monoisotopic (exact) mass is 995 g/mol. The molecule has 4 aromatic carbocycles. The number of nitrogens with one attached hydrogen (secondary N) is 2. The molecule has 3 aliphatic rings. The van der Waals surface area contributed by atoms with Gasteiger partial charge in [0.25, 0.3) is 0 Å². The highest BCUT2D eigenvalue weighted by atomic mass is 16.6. The number of ether oxygens (including phenoxy) is 2. The Hall–Kier alpha value is -5.59. The first kappa shape index (κ1) is 59.0. The Labute approximate surface area is 425 Å². The van der Waals surface area contributed by atoms with E-state index < -0.39 is 66.6 Å². The lowest BCUT2D eigenvalue weighted by Crippen LogP contribution is -2.49. The van der Waals surface area contributed by atoms with Crippen LogP contribution in [-0.4, -0.2) is 141 Å². The Morgan fingerprint density at radius 2 is 1.29 bits per heavy atom. The fourth-order valence-corrected chi connectivity index (χ4v) is 9.03. The Bertz CT molecular complexity index is 2210. The SMILES string of the molecule is C=CC[C@H]1CN(C(=O)OC(C)(C)C)[C@H](C(=O)CO)[C@@H]1O.C=CC[C@H]1CN[C@H](C(=O)N(C)[C@H](c2ccccc2)[C@H](O)c2ccccc2)[C@@H]1O.CN[C@H](c1ccccc1)[C@H](O)c1ccccc1.OCC1CCCO1. The van der Waals surface area contributed by atoms with E-state index in [9.17, 15) is 34.8 Å². The van der Waals surface area contributed by atoms with Crippen molar-refractivity contribution >= 4 is 17.8 Å². The van der Waals surface area contributed by atoms with Crippen molar-refractivity contribution in [1.29, 1.82) is 0 Å². The van der Waals surface area contributed by atoms with E-state index in [1.165, 1.54) is 4.90 Å². The molecule has 15 nitrogen and oxygen atoms in total. The van der Waals surface area contributed by atoms with Crippen LogP contribution in [0.15, 0.2) is 147 Å². The minimum Gasteiger partial charge on any atom is -0.444 e. The van der Waals surface area contributed by atoms with Crippen LogP contribution in [-0.2, 0) is 19.1 Å². The zero-order valence-electron chi connectivity index (χ0n) is 42.4. The number of likely N-dealkylation sites (tertiary alicyclic amines) is 1. The second-order valence-electron chi connectivity index (χ2n) is 19.1. The van der Waals surface area contributed by atoms with Gasteiger partial charge in [-0.3, -0.25) is 14.5 Å². The molecule has 0 aliphatic carbocycles. The van der Waals surface area contributed by atoms with Gasteiger partial charge in [-0.1, -0.05) is 133 Å². The van der Waals surface area contributed by atoms with Gasteiger partial charge in [-0.05, 0) is 75.8 Å². The van der Waals surface area contributed by atoms with Crippen LogP contribution in [0.3, 0.4) is 0 Å². The summed E-state index contributed by atoms with van der Waals surface area (Å²) >= 11 is 0. The number of ketones is 1. The molecule has 2 amide bonds. The summed E-state index contributed by atoms with van der Waals surface area (Å²) in [4.78, 5) is 39.9.